The molecule has 1 aromatic heterocycles. The molecule has 2 N–H and O–H groups in total. The topological polar surface area (TPSA) is 64.0 Å². The number of hydrogen-bond acceptors (Lipinski definition) is 4. The minimum absolute atomic E-state index is 0. The number of hydrogen-bond donors (Lipinski definition) is 1. The van der Waals surface area contributed by atoms with Crippen molar-refractivity contribution in [1.82, 2.24) is 9.78 Å². The fourth-order valence-electron chi connectivity index (χ4n) is 3.63. The van der Waals surface area contributed by atoms with E-state index in [1.54, 1.807) is 12.3 Å². The molecule has 0 bridgehead atoms. The summed E-state index contributed by atoms with van der Waals surface area (Å²) in [6.45, 7) is 3.87. The second-order valence-corrected chi connectivity index (χ2v) is 6.71. The summed E-state index contributed by atoms with van der Waals surface area (Å²) in [4.78, 5) is 15.4. The third-order valence-electron chi connectivity index (χ3n) is 4.98. The number of aromatic nitrogens is 2. The third-order valence-corrected chi connectivity index (χ3v) is 4.98. The van der Waals surface area contributed by atoms with E-state index in [0.717, 1.165) is 44.7 Å². The number of rotatable bonds is 4. The molecule has 1 saturated heterocycles. The van der Waals surface area contributed by atoms with Gasteiger partial charge in [-0.25, -0.2) is 4.68 Å². The second-order valence-electron chi connectivity index (χ2n) is 6.71. The van der Waals surface area contributed by atoms with Crippen molar-refractivity contribution >= 4 is 5.69 Å². The summed E-state index contributed by atoms with van der Waals surface area (Å²) in [6.07, 6.45) is 6.31. The van der Waals surface area contributed by atoms with E-state index in [0.29, 0.717) is 11.4 Å². The number of benzene rings is 1. The normalized spacial score (nSPS) is 17.8. The quantitative estimate of drug-likeness (QED) is 0.544. The minimum atomic E-state index is -0.182. The van der Waals surface area contributed by atoms with E-state index in [4.69, 9.17) is 4.74 Å². The molecular formula is C19H24N4O2U. The minimum Gasteiger partial charge on any atom is -0.483 e. The first-order valence-electron chi connectivity index (χ1n) is 9.15. The zero-order valence-corrected chi connectivity index (χ0v) is 19.0. The largest absolute Gasteiger partial charge is 0.483 e. The van der Waals surface area contributed by atoms with E-state index < -0.39 is 0 Å². The summed E-state index contributed by atoms with van der Waals surface area (Å²) in [7, 11) is 0. The van der Waals surface area contributed by atoms with E-state index in [1.807, 2.05) is 18.2 Å². The van der Waals surface area contributed by atoms with Crippen LogP contribution < -0.4 is 20.5 Å². The smallest absolute Gasteiger partial charge is 0.304 e. The van der Waals surface area contributed by atoms with Crippen LogP contribution in [0, 0.1) is 37.2 Å². The molecule has 2 fully saturated rings. The summed E-state index contributed by atoms with van der Waals surface area (Å²) in [5.41, 5.74) is 1.36. The second kappa shape index (κ2) is 9.08. The maximum Gasteiger partial charge on any atom is 0.304 e. The van der Waals surface area contributed by atoms with Crippen LogP contribution in [0.4, 0.5) is 5.69 Å². The first-order chi connectivity index (χ1) is 12.3. The number of anilines is 1. The Morgan fingerprint density at radius 3 is 2.69 bits per heavy atom. The van der Waals surface area contributed by atoms with Gasteiger partial charge in [0.2, 0.25) is 5.75 Å². The molecule has 26 heavy (non-hydrogen) atoms. The van der Waals surface area contributed by atoms with Crippen molar-refractivity contribution in [2.45, 2.75) is 31.8 Å². The molecule has 0 atom stereocenters. The Kier molecular flexibility index (Phi) is 6.80. The summed E-state index contributed by atoms with van der Waals surface area (Å²) < 4.78 is 7.63. The number of nitrogens with two attached hydrogens (primary N) is 1. The van der Waals surface area contributed by atoms with Crippen molar-refractivity contribution in [1.29, 1.82) is 0 Å². The standard InChI is InChI=1S/C19H23N4O2.U/c24-19-18(25-16-8-4-5-9-16)17(22-12-10-20-11-13-22)14-21-23(19)15-6-2-1-3-7-15;/h1-2,6-7,14,16,20H,4-5,8-13H2;/q-1;/p+1. The van der Waals surface area contributed by atoms with Crippen LogP contribution in [0.3, 0.4) is 0 Å². The fourth-order valence-corrected chi connectivity index (χ4v) is 3.63. The van der Waals surface area contributed by atoms with Crippen molar-refractivity contribution in [2.24, 2.45) is 0 Å². The van der Waals surface area contributed by atoms with Crippen LogP contribution in [0.25, 0.3) is 5.69 Å². The molecule has 1 aliphatic carbocycles. The van der Waals surface area contributed by atoms with Crippen LogP contribution in [0.5, 0.6) is 5.75 Å². The molecule has 0 spiro atoms. The van der Waals surface area contributed by atoms with Gasteiger partial charge in [0.1, 0.15) is 5.69 Å². The summed E-state index contributed by atoms with van der Waals surface area (Å²) in [5, 5.41) is 6.71. The van der Waals surface area contributed by atoms with Gasteiger partial charge in [0.05, 0.1) is 38.5 Å². The van der Waals surface area contributed by atoms with Crippen molar-refractivity contribution in [3.05, 3.63) is 46.9 Å². The van der Waals surface area contributed by atoms with Crippen molar-refractivity contribution in [3.63, 3.8) is 0 Å². The Morgan fingerprint density at radius 1 is 1.23 bits per heavy atom. The first-order valence-corrected chi connectivity index (χ1v) is 9.15. The Balaban J connectivity index is 0.00000196. The number of ether oxygens (including phenoxy) is 1. The van der Waals surface area contributed by atoms with Crippen molar-refractivity contribution < 1.29 is 41.2 Å². The maximum atomic E-state index is 13.1. The van der Waals surface area contributed by atoms with Crippen molar-refractivity contribution in [3.8, 4) is 11.4 Å². The van der Waals surface area contributed by atoms with Gasteiger partial charge in [-0.2, -0.15) is 29.4 Å². The van der Waals surface area contributed by atoms with Crippen LogP contribution in [0.15, 0.2) is 35.3 Å². The Labute approximate surface area is 177 Å². The zero-order valence-electron chi connectivity index (χ0n) is 14.9. The monoisotopic (exact) mass is 578 g/mol. The number of piperazine rings is 1. The molecule has 136 valence electrons. The average molecular weight is 578 g/mol. The van der Waals surface area contributed by atoms with Gasteiger partial charge in [-0.1, -0.05) is 0 Å². The van der Waals surface area contributed by atoms with Gasteiger partial charge in [0.15, 0.2) is 0 Å². The molecule has 0 unspecified atom stereocenters. The molecule has 1 aliphatic heterocycles. The van der Waals surface area contributed by atoms with Crippen LogP contribution in [0.1, 0.15) is 25.7 Å². The first kappa shape index (κ1) is 19.5. The number of quaternary nitrogens is 1. The predicted molar refractivity (Wildman–Crippen MR) is 95.4 cm³/mol. The van der Waals surface area contributed by atoms with Crippen LogP contribution in [-0.2, 0) is 0 Å². The van der Waals surface area contributed by atoms with Gasteiger partial charge >= 0.3 is 5.56 Å². The summed E-state index contributed by atoms with van der Waals surface area (Å²) in [6, 6.07) is 10.3. The van der Waals surface area contributed by atoms with Gasteiger partial charge in [-0.3, -0.25) is 4.79 Å². The molecule has 4 rings (SSSR count). The molecular weight excluding hydrogens is 554 g/mol. The molecule has 2 aromatic rings. The Hall–Kier alpha value is -1.29. The van der Waals surface area contributed by atoms with E-state index in [1.165, 1.54) is 17.5 Å². The van der Waals surface area contributed by atoms with Crippen LogP contribution in [0.2, 0.25) is 0 Å². The molecule has 0 radical (unpaired) electrons. The molecule has 1 saturated carbocycles. The molecule has 6 nitrogen and oxygen atoms in total. The summed E-state index contributed by atoms with van der Waals surface area (Å²) in [5.74, 6) is 0.452. The van der Waals surface area contributed by atoms with Crippen molar-refractivity contribution in [2.75, 3.05) is 31.1 Å². The maximum absolute atomic E-state index is 13.1. The van der Waals surface area contributed by atoms with E-state index in [-0.39, 0.29) is 42.8 Å². The van der Waals surface area contributed by atoms with Gasteiger partial charge in [0.25, 0.3) is 0 Å². The molecule has 2 heterocycles. The third kappa shape index (κ3) is 4.16. The fraction of sp³-hybridized carbons (Fsp3) is 0.474. The van der Waals surface area contributed by atoms with Gasteiger partial charge < -0.3 is 15.0 Å². The van der Waals surface area contributed by atoms with E-state index in [9.17, 15) is 4.79 Å². The van der Waals surface area contributed by atoms with E-state index >= 15 is 0 Å². The zero-order chi connectivity index (χ0) is 17.1. The molecule has 2 aliphatic rings. The number of nitrogens with zero attached hydrogens (tertiary/aromatic N) is 3. The molecule has 0 amide bonds. The average Bonchev–Trinajstić information content (AvgIpc) is 3.18. The van der Waals surface area contributed by atoms with Crippen LogP contribution >= 0.6 is 0 Å². The predicted octanol–water partition coefficient (Wildman–Crippen LogP) is 0.737. The van der Waals surface area contributed by atoms with Gasteiger partial charge in [0, 0.05) is 31.1 Å². The van der Waals surface area contributed by atoms with E-state index in [2.05, 4.69) is 21.4 Å². The van der Waals surface area contributed by atoms with Gasteiger partial charge in [-0.05, 0) is 31.4 Å². The summed E-state index contributed by atoms with van der Waals surface area (Å²) >= 11 is 0. The van der Waals surface area contributed by atoms with Gasteiger partial charge in [-0.15, -0.1) is 6.07 Å². The molecule has 7 heteroatoms. The Bertz CT molecular complexity index is 769. The SMILES string of the molecule is O=c1c(OC2CCCC2)c(N2CC[NH2+]CC2)cnn1-c1c[c-]ccc1.[U]. The Morgan fingerprint density at radius 2 is 2.00 bits per heavy atom. The molecule has 1 aromatic carbocycles. The van der Waals surface area contributed by atoms with Crippen LogP contribution in [-0.4, -0.2) is 42.1 Å².